The lowest BCUT2D eigenvalue weighted by Gasteiger charge is -2.08. The number of primary amides is 1. The van der Waals surface area contributed by atoms with Crippen molar-refractivity contribution in [2.45, 2.75) is 6.54 Å². The normalized spacial score (nSPS) is 10.0. The minimum atomic E-state index is -1.08. The molecule has 2 aromatic rings. The van der Waals surface area contributed by atoms with Gasteiger partial charge in [0.2, 0.25) is 0 Å². The number of amides is 1. The Labute approximate surface area is 114 Å². The van der Waals surface area contributed by atoms with Crippen molar-refractivity contribution in [3.05, 3.63) is 53.5 Å². The largest absolute Gasteiger partial charge is 0.477 e. The van der Waals surface area contributed by atoms with Gasteiger partial charge in [-0.2, -0.15) is 0 Å². The summed E-state index contributed by atoms with van der Waals surface area (Å²) in [5, 5.41) is 11.7. The van der Waals surface area contributed by atoms with Crippen LogP contribution in [0.3, 0.4) is 0 Å². The minimum Gasteiger partial charge on any atom is -0.477 e. The number of nitrogens with one attached hydrogen (secondary N) is 1. The van der Waals surface area contributed by atoms with Crippen LogP contribution >= 0.6 is 0 Å². The number of aromatic nitrogens is 2. The van der Waals surface area contributed by atoms with Gasteiger partial charge in [0, 0.05) is 18.9 Å². The highest BCUT2D eigenvalue weighted by Crippen LogP contribution is 2.12. The number of carbonyl (C=O) groups is 2. The van der Waals surface area contributed by atoms with Gasteiger partial charge in [-0.15, -0.1) is 0 Å². The Morgan fingerprint density at radius 1 is 1.25 bits per heavy atom. The smallest absolute Gasteiger partial charge is 0.354 e. The molecule has 7 heteroatoms. The first-order valence-electron chi connectivity index (χ1n) is 5.75. The van der Waals surface area contributed by atoms with Gasteiger partial charge in [0.25, 0.3) is 5.91 Å². The zero-order valence-electron chi connectivity index (χ0n) is 10.4. The van der Waals surface area contributed by atoms with Gasteiger partial charge in [0.15, 0.2) is 0 Å². The topological polar surface area (TPSA) is 118 Å². The summed E-state index contributed by atoms with van der Waals surface area (Å²) in [5.41, 5.74) is 6.27. The Hall–Kier alpha value is -2.96. The third kappa shape index (κ3) is 3.08. The summed E-state index contributed by atoms with van der Waals surface area (Å²) in [6.45, 7) is 0.351. The molecule has 2 aromatic heterocycles. The number of anilines is 1. The van der Waals surface area contributed by atoms with Crippen LogP contribution in [0.5, 0.6) is 0 Å². The standard InChI is InChI=1S/C13H12N4O3/c14-11(18)9-2-1-5-15-12(9)17-7-8-3-4-10(13(19)20)16-6-8/h1-6H,7H2,(H2,14,18)(H,15,17)(H,19,20). The summed E-state index contributed by atoms with van der Waals surface area (Å²) in [6, 6.07) is 6.24. The lowest BCUT2D eigenvalue weighted by Crippen LogP contribution is -2.15. The highest BCUT2D eigenvalue weighted by Gasteiger charge is 2.08. The maximum atomic E-state index is 11.2. The van der Waals surface area contributed by atoms with Crippen molar-refractivity contribution in [1.29, 1.82) is 0 Å². The molecule has 102 valence electrons. The summed E-state index contributed by atoms with van der Waals surface area (Å²) in [6.07, 6.45) is 2.99. The maximum Gasteiger partial charge on any atom is 0.354 e. The van der Waals surface area contributed by atoms with E-state index in [1.807, 2.05) is 0 Å². The van der Waals surface area contributed by atoms with Gasteiger partial charge in [-0.25, -0.2) is 14.8 Å². The van der Waals surface area contributed by atoms with Gasteiger partial charge in [0.05, 0.1) is 5.56 Å². The molecule has 2 rings (SSSR count). The van der Waals surface area contributed by atoms with Crippen molar-refractivity contribution in [3.63, 3.8) is 0 Å². The molecule has 0 saturated heterocycles. The van der Waals surface area contributed by atoms with E-state index < -0.39 is 11.9 Å². The number of nitrogens with two attached hydrogens (primary N) is 1. The van der Waals surface area contributed by atoms with Crippen molar-refractivity contribution in [1.82, 2.24) is 9.97 Å². The lowest BCUT2D eigenvalue weighted by molar-refractivity contribution is 0.0690. The van der Waals surface area contributed by atoms with Crippen LogP contribution in [0.25, 0.3) is 0 Å². The van der Waals surface area contributed by atoms with Gasteiger partial charge in [-0.05, 0) is 23.8 Å². The molecule has 0 fully saturated rings. The fraction of sp³-hybridized carbons (Fsp3) is 0.0769. The van der Waals surface area contributed by atoms with Gasteiger partial charge >= 0.3 is 5.97 Å². The van der Waals surface area contributed by atoms with Crippen LogP contribution in [0.4, 0.5) is 5.82 Å². The van der Waals surface area contributed by atoms with Gasteiger partial charge in [-0.3, -0.25) is 4.79 Å². The molecular weight excluding hydrogens is 260 g/mol. The van der Waals surface area contributed by atoms with E-state index in [9.17, 15) is 9.59 Å². The van der Waals surface area contributed by atoms with Gasteiger partial charge in [-0.1, -0.05) is 6.07 Å². The van der Waals surface area contributed by atoms with E-state index in [0.29, 0.717) is 17.9 Å². The molecule has 7 nitrogen and oxygen atoms in total. The monoisotopic (exact) mass is 272 g/mol. The third-order valence-corrected chi connectivity index (χ3v) is 2.58. The van der Waals surface area contributed by atoms with Gasteiger partial charge in [0.1, 0.15) is 11.5 Å². The number of pyridine rings is 2. The molecule has 0 radical (unpaired) electrons. The van der Waals surface area contributed by atoms with Crippen molar-refractivity contribution < 1.29 is 14.7 Å². The number of nitrogens with zero attached hydrogens (tertiary/aromatic N) is 2. The Kier molecular flexibility index (Phi) is 3.90. The van der Waals surface area contributed by atoms with Crippen LogP contribution in [0.15, 0.2) is 36.7 Å². The Morgan fingerprint density at radius 2 is 2.05 bits per heavy atom. The van der Waals surface area contributed by atoms with Crippen LogP contribution in [0.2, 0.25) is 0 Å². The Morgan fingerprint density at radius 3 is 2.65 bits per heavy atom. The second-order valence-corrected chi connectivity index (χ2v) is 3.97. The molecule has 0 spiro atoms. The molecule has 20 heavy (non-hydrogen) atoms. The van der Waals surface area contributed by atoms with Crippen LogP contribution in [0, 0.1) is 0 Å². The van der Waals surface area contributed by atoms with E-state index in [4.69, 9.17) is 10.8 Å². The lowest BCUT2D eigenvalue weighted by atomic mass is 10.2. The maximum absolute atomic E-state index is 11.2. The predicted molar refractivity (Wildman–Crippen MR) is 71.3 cm³/mol. The summed E-state index contributed by atoms with van der Waals surface area (Å²) >= 11 is 0. The summed E-state index contributed by atoms with van der Waals surface area (Å²) < 4.78 is 0. The van der Waals surface area contributed by atoms with E-state index >= 15 is 0 Å². The number of aromatic carboxylic acids is 1. The molecule has 4 N–H and O–H groups in total. The molecule has 0 aromatic carbocycles. The second-order valence-electron chi connectivity index (χ2n) is 3.97. The van der Waals surface area contributed by atoms with Crippen LogP contribution in [-0.2, 0) is 6.54 Å². The minimum absolute atomic E-state index is 0.0237. The number of hydrogen-bond acceptors (Lipinski definition) is 5. The zero-order valence-corrected chi connectivity index (χ0v) is 10.4. The molecule has 0 aliphatic carbocycles. The van der Waals surface area contributed by atoms with E-state index in [2.05, 4.69) is 15.3 Å². The molecule has 1 amide bonds. The number of carbonyl (C=O) groups excluding carboxylic acids is 1. The molecule has 0 unspecified atom stereocenters. The van der Waals surface area contributed by atoms with E-state index in [1.54, 1.807) is 24.4 Å². The van der Waals surface area contributed by atoms with Crippen LogP contribution < -0.4 is 11.1 Å². The second kappa shape index (κ2) is 5.79. The average molecular weight is 272 g/mol. The Bertz CT molecular complexity index is 640. The fourth-order valence-electron chi connectivity index (χ4n) is 1.59. The number of carboxylic acid groups (broad SMARTS) is 1. The highest BCUT2D eigenvalue weighted by atomic mass is 16.4. The van der Waals surface area contributed by atoms with Crippen molar-refractivity contribution in [3.8, 4) is 0 Å². The first-order chi connectivity index (χ1) is 9.58. The zero-order chi connectivity index (χ0) is 14.5. The fourth-order valence-corrected chi connectivity index (χ4v) is 1.59. The molecule has 0 aliphatic heterocycles. The van der Waals surface area contributed by atoms with Gasteiger partial charge < -0.3 is 16.2 Å². The molecular formula is C13H12N4O3. The molecule has 0 aliphatic rings. The number of carboxylic acids is 1. The van der Waals surface area contributed by atoms with Crippen molar-refractivity contribution in [2.75, 3.05) is 5.32 Å². The van der Waals surface area contributed by atoms with E-state index in [1.165, 1.54) is 12.3 Å². The van der Waals surface area contributed by atoms with Crippen molar-refractivity contribution in [2.24, 2.45) is 5.73 Å². The predicted octanol–water partition coefficient (Wildman–Crippen LogP) is 0.886. The summed E-state index contributed by atoms with van der Waals surface area (Å²) in [4.78, 5) is 29.7. The van der Waals surface area contributed by atoms with E-state index in [-0.39, 0.29) is 5.69 Å². The number of hydrogen-bond donors (Lipinski definition) is 3. The molecule has 0 bridgehead atoms. The quantitative estimate of drug-likeness (QED) is 0.743. The summed E-state index contributed by atoms with van der Waals surface area (Å²) in [7, 11) is 0. The first kappa shape index (κ1) is 13.5. The van der Waals surface area contributed by atoms with E-state index in [0.717, 1.165) is 5.56 Å². The molecule has 0 saturated carbocycles. The number of rotatable bonds is 5. The third-order valence-electron chi connectivity index (χ3n) is 2.58. The molecule has 2 heterocycles. The average Bonchev–Trinajstić information content (AvgIpc) is 2.45. The van der Waals surface area contributed by atoms with Crippen molar-refractivity contribution >= 4 is 17.7 Å². The van der Waals surface area contributed by atoms with Crippen LogP contribution in [0.1, 0.15) is 26.4 Å². The highest BCUT2D eigenvalue weighted by molar-refractivity contribution is 5.97. The van der Waals surface area contributed by atoms with Crippen LogP contribution in [-0.4, -0.2) is 27.0 Å². The Balaban J connectivity index is 2.09. The first-order valence-corrected chi connectivity index (χ1v) is 5.75. The SMILES string of the molecule is NC(=O)c1cccnc1NCc1ccc(C(=O)O)nc1. The molecule has 0 atom stereocenters. The summed E-state index contributed by atoms with van der Waals surface area (Å²) in [5.74, 6) is -1.27.